The van der Waals surface area contributed by atoms with Crippen molar-refractivity contribution in [3.8, 4) is 0 Å². The van der Waals surface area contributed by atoms with Gasteiger partial charge in [0.15, 0.2) is 0 Å². The molecule has 0 fully saturated rings. The lowest BCUT2D eigenvalue weighted by molar-refractivity contribution is 0.475. The van der Waals surface area contributed by atoms with Gasteiger partial charge in [0.2, 0.25) is 0 Å². The summed E-state index contributed by atoms with van der Waals surface area (Å²) in [5.41, 5.74) is 3.06. The minimum atomic E-state index is 0.180. The standard InChI is InChI=1S/C17H20/c1-3-17(4-2,15-11-7-5-8-12-15)16-13-9-6-10-14-16/h5,7,9-14H,3-4,8H2,1-2H3. The Kier molecular flexibility index (Phi) is 3.83. The molecule has 2 rings (SSSR count). The van der Waals surface area contributed by atoms with E-state index in [9.17, 15) is 0 Å². The van der Waals surface area contributed by atoms with E-state index >= 15 is 0 Å². The van der Waals surface area contributed by atoms with Gasteiger partial charge in [-0.2, -0.15) is 0 Å². The van der Waals surface area contributed by atoms with Crippen LogP contribution in [0.3, 0.4) is 0 Å². The molecule has 0 heterocycles. The van der Waals surface area contributed by atoms with Gasteiger partial charge < -0.3 is 0 Å². The average Bonchev–Trinajstić information content (AvgIpc) is 2.43. The Morgan fingerprint density at radius 2 is 1.88 bits per heavy atom. The fraction of sp³-hybridized carbons (Fsp3) is 0.353. The smallest absolute Gasteiger partial charge is 0.0194 e. The molecule has 88 valence electrons. The molecule has 0 aliphatic heterocycles. The van der Waals surface area contributed by atoms with Crippen LogP contribution in [0.25, 0.3) is 0 Å². The maximum absolute atomic E-state index is 3.11. The third-order valence-electron chi connectivity index (χ3n) is 3.92. The first-order chi connectivity index (χ1) is 8.33. The van der Waals surface area contributed by atoms with Gasteiger partial charge in [0.05, 0.1) is 0 Å². The molecule has 0 atom stereocenters. The Hall–Kier alpha value is -1.30. The summed E-state index contributed by atoms with van der Waals surface area (Å²) in [4.78, 5) is 0. The molecule has 0 spiro atoms. The van der Waals surface area contributed by atoms with Crippen molar-refractivity contribution in [2.45, 2.75) is 38.5 Å². The molecule has 1 aromatic rings. The lowest BCUT2D eigenvalue weighted by atomic mass is 9.69. The maximum atomic E-state index is 3.11. The number of rotatable bonds is 4. The Labute approximate surface area is 105 Å². The van der Waals surface area contributed by atoms with E-state index in [0.29, 0.717) is 0 Å². The number of benzene rings is 1. The van der Waals surface area contributed by atoms with E-state index in [2.05, 4.69) is 56.7 Å². The minimum absolute atomic E-state index is 0.180. The number of hydrogen-bond acceptors (Lipinski definition) is 0. The van der Waals surface area contributed by atoms with Crippen molar-refractivity contribution in [2.24, 2.45) is 0 Å². The second-order valence-corrected chi connectivity index (χ2v) is 4.57. The van der Waals surface area contributed by atoms with Gasteiger partial charge in [-0.15, -0.1) is 0 Å². The van der Waals surface area contributed by atoms with Crippen LogP contribution in [0.4, 0.5) is 0 Å². The summed E-state index contributed by atoms with van der Waals surface area (Å²) in [7, 11) is 0. The zero-order valence-corrected chi connectivity index (χ0v) is 10.7. The predicted octanol–water partition coefficient (Wildman–Crippen LogP) is 4.64. The van der Waals surface area contributed by atoms with Crippen LogP contribution < -0.4 is 0 Å². The van der Waals surface area contributed by atoms with Crippen LogP contribution >= 0.6 is 0 Å². The molecule has 0 nitrogen and oxygen atoms in total. The van der Waals surface area contributed by atoms with Gasteiger partial charge in [0.1, 0.15) is 0 Å². The molecule has 0 heteroatoms. The zero-order chi connectivity index (χ0) is 12.1. The van der Waals surface area contributed by atoms with Crippen molar-refractivity contribution in [1.29, 1.82) is 0 Å². The molecule has 0 N–H and O–H groups in total. The van der Waals surface area contributed by atoms with Crippen molar-refractivity contribution in [3.63, 3.8) is 0 Å². The molecular formula is C17H20. The molecule has 0 amide bonds. The Balaban J connectivity index is 2.46. The lowest BCUT2D eigenvalue weighted by Gasteiger charge is -2.35. The second-order valence-electron chi connectivity index (χ2n) is 4.57. The summed E-state index contributed by atoms with van der Waals surface area (Å²) >= 11 is 0. The highest BCUT2D eigenvalue weighted by atomic mass is 14.3. The van der Waals surface area contributed by atoms with Gasteiger partial charge >= 0.3 is 0 Å². The second kappa shape index (κ2) is 5.35. The van der Waals surface area contributed by atoms with Gasteiger partial charge in [0.25, 0.3) is 0 Å². The third-order valence-corrected chi connectivity index (χ3v) is 3.92. The molecule has 1 aliphatic rings. The normalized spacial score (nSPS) is 15.8. The van der Waals surface area contributed by atoms with Gasteiger partial charge in [-0.1, -0.05) is 56.3 Å². The van der Waals surface area contributed by atoms with E-state index in [-0.39, 0.29) is 5.41 Å². The van der Waals surface area contributed by atoms with E-state index in [0.717, 1.165) is 19.3 Å². The van der Waals surface area contributed by atoms with Crippen LogP contribution in [0.15, 0.2) is 48.1 Å². The monoisotopic (exact) mass is 224 g/mol. The molecular weight excluding hydrogens is 204 g/mol. The van der Waals surface area contributed by atoms with E-state index in [1.165, 1.54) is 11.1 Å². The summed E-state index contributed by atoms with van der Waals surface area (Å²) in [6.45, 7) is 4.57. The molecule has 17 heavy (non-hydrogen) atoms. The van der Waals surface area contributed by atoms with Crippen LogP contribution in [-0.4, -0.2) is 0 Å². The van der Waals surface area contributed by atoms with E-state index in [1.807, 2.05) is 12.1 Å². The average molecular weight is 224 g/mol. The van der Waals surface area contributed by atoms with Crippen LogP contribution in [0.2, 0.25) is 0 Å². The van der Waals surface area contributed by atoms with Crippen molar-refractivity contribution < 1.29 is 0 Å². The summed E-state index contributed by atoms with van der Waals surface area (Å²) in [6, 6.07) is 11.6. The maximum Gasteiger partial charge on any atom is 0.0194 e. The summed E-state index contributed by atoms with van der Waals surface area (Å²) in [5.74, 6) is 0. The fourth-order valence-electron chi connectivity index (χ4n) is 2.81. The quantitative estimate of drug-likeness (QED) is 0.699. The number of allylic oxidation sites excluding steroid dienone is 4. The molecule has 1 aliphatic carbocycles. The Morgan fingerprint density at radius 3 is 2.41 bits per heavy atom. The van der Waals surface area contributed by atoms with Gasteiger partial charge in [-0.3, -0.25) is 0 Å². The third kappa shape index (κ3) is 2.22. The highest BCUT2D eigenvalue weighted by Gasteiger charge is 2.31. The first kappa shape index (κ1) is 12.2. The van der Waals surface area contributed by atoms with Crippen LogP contribution in [0.1, 0.15) is 38.7 Å². The predicted molar refractivity (Wildman–Crippen MR) is 73.7 cm³/mol. The lowest BCUT2D eigenvalue weighted by Crippen LogP contribution is -2.27. The van der Waals surface area contributed by atoms with Crippen molar-refractivity contribution in [3.05, 3.63) is 66.1 Å². The first-order valence-corrected chi connectivity index (χ1v) is 6.50. The highest BCUT2D eigenvalue weighted by molar-refractivity contribution is 5.43. The summed E-state index contributed by atoms with van der Waals surface area (Å²) < 4.78 is 0. The minimum Gasteiger partial charge on any atom is -0.0802 e. The molecule has 0 saturated heterocycles. The zero-order valence-electron chi connectivity index (χ0n) is 10.7. The van der Waals surface area contributed by atoms with E-state index < -0.39 is 0 Å². The van der Waals surface area contributed by atoms with E-state index in [4.69, 9.17) is 0 Å². The van der Waals surface area contributed by atoms with E-state index in [1.54, 1.807) is 0 Å². The topological polar surface area (TPSA) is 0 Å². The molecule has 0 bridgehead atoms. The van der Waals surface area contributed by atoms with Crippen molar-refractivity contribution >= 4 is 0 Å². The van der Waals surface area contributed by atoms with Gasteiger partial charge in [0, 0.05) is 5.41 Å². The van der Waals surface area contributed by atoms with Gasteiger partial charge in [-0.25, -0.2) is 0 Å². The van der Waals surface area contributed by atoms with Crippen LogP contribution in [-0.2, 0) is 5.41 Å². The molecule has 0 unspecified atom stereocenters. The molecule has 2 radical (unpaired) electrons. The van der Waals surface area contributed by atoms with Crippen LogP contribution in [0.5, 0.6) is 0 Å². The van der Waals surface area contributed by atoms with Crippen molar-refractivity contribution in [1.82, 2.24) is 0 Å². The molecule has 0 aromatic heterocycles. The van der Waals surface area contributed by atoms with Crippen LogP contribution in [0, 0.1) is 12.5 Å². The van der Waals surface area contributed by atoms with Crippen molar-refractivity contribution in [2.75, 3.05) is 0 Å². The fourth-order valence-corrected chi connectivity index (χ4v) is 2.81. The Morgan fingerprint density at radius 1 is 1.18 bits per heavy atom. The summed E-state index contributed by atoms with van der Waals surface area (Å²) in [5, 5.41) is 0. The Bertz CT molecular complexity index is 405. The summed E-state index contributed by atoms with van der Waals surface area (Å²) in [6.07, 6.45) is 12.4. The first-order valence-electron chi connectivity index (χ1n) is 6.50. The highest BCUT2D eigenvalue weighted by Crippen LogP contribution is 2.40. The SMILES string of the molecule is CCC(CC)(C1=CC[CH]C=C1)c1cc[c]cc1. The largest absolute Gasteiger partial charge is 0.0802 e. The van der Waals surface area contributed by atoms with Gasteiger partial charge in [-0.05, 0) is 42.9 Å². The number of hydrogen-bond donors (Lipinski definition) is 0. The molecule has 0 saturated carbocycles. The molecule has 1 aromatic carbocycles.